The van der Waals surface area contributed by atoms with Crippen LogP contribution in [0.25, 0.3) is 5.65 Å². The molecular formula is C14H10ClF2N3. The summed E-state index contributed by atoms with van der Waals surface area (Å²) in [5, 5.41) is 2.84. The summed E-state index contributed by atoms with van der Waals surface area (Å²) in [5.41, 5.74) is 1.61. The van der Waals surface area contributed by atoms with Gasteiger partial charge < -0.3 is 9.72 Å². The van der Waals surface area contributed by atoms with E-state index in [-0.39, 0.29) is 10.7 Å². The molecule has 20 heavy (non-hydrogen) atoms. The van der Waals surface area contributed by atoms with E-state index in [2.05, 4.69) is 10.3 Å². The molecule has 0 atom stereocenters. The van der Waals surface area contributed by atoms with Crippen LogP contribution in [0.5, 0.6) is 0 Å². The first-order chi connectivity index (χ1) is 9.63. The fourth-order valence-corrected chi connectivity index (χ4v) is 2.22. The quantitative estimate of drug-likeness (QED) is 0.794. The van der Waals surface area contributed by atoms with Gasteiger partial charge in [-0.25, -0.2) is 13.8 Å². The summed E-state index contributed by atoms with van der Waals surface area (Å²) in [7, 11) is 0. The molecule has 0 bridgehead atoms. The van der Waals surface area contributed by atoms with Gasteiger partial charge in [-0.05, 0) is 18.2 Å². The van der Waals surface area contributed by atoms with Gasteiger partial charge in [0.15, 0.2) is 5.82 Å². The Kier molecular flexibility index (Phi) is 3.28. The summed E-state index contributed by atoms with van der Waals surface area (Å²) in [4.78, 5) is 4.37. The van der Waals surface area contributed by atoms with E-state index in [1.807, 2.05) is 35.0 Å². The van der Waals surface area contributed by atoms with E-state index in [9.17, 15) is 8.78 Å². The third-order valence-corrected chi connectivity index (χ3v) is 3.17. The van der Waals surface area contributed by atoms with Crippen molar-refractivity contribution >= 4 is 22.9 Å². The standard InChI is InChI=1S/C14H10ClF2N3/c15-11-5-9(16)6-12(17)14(11)18-7-10-8-20-4-2-1-3-13(20)19-10/h1-6,8,18H,7H2. The summed E-state index contributed by atoms with van der Waals surface area (Å²) >= 11 is 5.81. The average molecular weight is 294 g/mol. The number of aromatic nitrogens is 2. The maximum Gasteiger partial charge on any atom is 0.150 e. The Morgan fingerprint density at radius 2 is 2.10 bits per heavy atom. The van der Waals surface area contributed by atoms with Gasteiger partial charge in [0.1, 0.15) is 11.5 Å². The van der Waals surface area contributed by atoms with E-state index >= 15 is 0 Å². The van der Waals surface area contributed by atoms with Gasteiger partial charge in [0.25, 0.3) is 0 Å². The molecule has 3 aromatic rings. The van der Waals surface area contributed by atoms with E-state index in [0.29, 0.717) is 6.54 Å². The number of nitrogens with one attached hydrogen (secondary N) is 1. The number of nitrogens with zero attached hydrogens (tertiary/aromatic N) is 2. The van der Waals surface area contributed by atoms with Crippen LogP contribution in [-0.4, -0.2) is 9.38 Å². The largest absolute Gasteiger partial charge is 0.376 e. The summed E-state index contributed by atoms with van der Waals surface area (Å²) in [6, 6.07) is 7.50. The van der Waals surface area contributed by atoms with Crippen molar-refractivity contribution in [3.8, 4) is 0 Å². The lowest BCUT2D eigenvalue weighted by molar-refractivity contribution is 0.585. The van der Waals surface area contributed by atoms with E-state index in [4.69, 9.17) is 11.6 Å². The van der Waals surface area contributed by atoms with Gasteiger partial charge in [0.05, 0.1) is 22.9 Å². The van der Waals surface area contributed by atoms with Crippen LogP contribution in [0.3, 0.4) is 0 Å². The Balaban J connectivity index is 1.83. The van der Waals surface area contributed by atoms with Crippen LogP contribution in [0.4, 0.5) is 14.5 Å². The average Bonchev–Trinajstić information content (AvgIpc) is 2.80. The summed E-state index contributed by atoms with van der Waals surface area (Å²) in [6.45, 7) is 0.296. The third-order valence-electron chi connectivity index (χ3n) is 2.87. The number of hydrogen-bond donors (Lipinski definition) is 1. The highest BCUT2D eigenvalue weighted by Crippen LogP contribution is 2.26. The normalized spacial score (nSPS) is 10.9. The molecule has 0 spiro atoms. The predicted molar refractivity (Wildman–Crippen MR) is 73.9 cm³/mol. The Labute approximate surface area is 118 Å². The highest BCUT2D eigenvalue weighted by Gasteiger charge is 2.10. The van der Waals surface area contributed by atoms with Gasteiger partial charge in [0.2, 0.25) is 0 Å². The second-order valence-corrected chi connectivity index (χ2v) is 4.70. The van der Waals surface area contributed by atoms with Crippen molar-refractivity contribution in [2.24, 2.45) is 0 Å². The molecule has 0 aliphatic heterocycles. The minimum absolute atomic E-state index is 0.00580. The molecule has 6 heteroatoms. The first-order valence-corrected chi connectivity index (χ1v) is 6.32. The first-order valence-electron chi connectivity index (χ1n) is 5.94. The van der Waals surface area contributed by atoms with Crippen LogP contribution < -0.4 is 5.32 Å². The molecule has 0 aliphatic carbocycles. The predicted octanol–water partition coefficient (Wildman–Crippen LogP) is 3.88. The third kappa shape index (κ3) is 2.44. The molecule has 102 valence electrons. The smallest absolute Gasteiger partial charge is 0.150 e. The molecule has 0 fully saturated rings. The Morgan fingerprint density at radius 3 is 2.85 bits per heavy atom. The van der Waals surface area contributed by atoms with Crippen molar-refractivity contribution in [3.05, 3.63) is 65.1 Å². The van der Waals surface area contributed by atoms with E-state index in [1.165, 1.54) is 0 Å². The number of fused-ring (bicyclic) bond motifs is 1. The first kappa shape index (κ1) is 12.9. The zero-order valence-electron chi connectivity index (χ0n) is 10.3. The molecule has 0 amide bonds. The van der Waals surface area contributed by atoms with Crippen LogP contribution in [0.15, 0.2) is 42.7 Å². The lowest BCUT2D eigenvalue weighted by Gasteiger charge is -2.08. The molecule has 0 saturated heterocycles. The van der Waals surface area contributed by atoms with Gasteiger partial charge >= 0.3 is 0 Å². The van der Waals surface area contributed by atoms with Crippen molar-refractivity contribution in [3.63, 3.8) is 0 Å². The molecule has 0 radical (unpaired) electrons. The number of imidazole rings is 1. The van der Waals surface area contributed by atoms with Crippen molar-refractivity contribution in [1.29, 1.82) is 0 Å². The van der Waals surface area contributed by atoms with Crippen LogP contribution in [-0.2, 0) is 6.54 Å². The molecule has 0 unspecified atom stereocenters. The van der Waals surface area contributed by atoms with Gasteiger partial charge in [-0.3, -0.25) is 0 Å². The van der Waals surface area contributed by atoms with Crippen LogP contribution in [0, 0.1) is 11.6 Å². The lowest BCUT2D eigenvalue weighted by atomic mass is 10.3. The van der Waals surface area contributed by atoms with Crippen molar-refractivity contribution in [2.45, 2.75) is 6.54 Å². The molecule has 3 rings (SSSR count). The molecule has 1 N–H and O–H groups in total. The minimum Gasteiger partial charge on any atom is -0.376 e. The van der Waals surface area contributed by atoms with Crippen molar-refractivity contribution < 1.29 is 8.78 Å². The fraction of sp³-hybridized carbons (Fsp3) is 0.0714. The molecular weight excluding hydrogens is 284 g/mol. The van der Waals surface area contributed by atoms with Gasteiger partial charge in [-0.1, -0.05) is 17.7 Å². The maximum absolute atomic E-state index is 13.6. The van der Waals surface area contributed by atoms with Gasteiger partial charge in [-0.15, -0.1) is 0 Å². The number of rotatable bonds is 3. The monoisotopic (exact) mass is 293 g/mol. The molecule has 0 saturated carbocycles. The van der Waals surface area contributed by atoms with Crippen LogP contribution >= 0.6 is 11.6 Å². The topological polar surface area (TPSA) is 29.3 Å². The summed E-state index contributed by atoms with van der Waals surface area (Å²) in [6.07, 6.45) is 3.70. The SMILES string of the molecule is Fc1cc(F)c(NCc2cn3ccccc3n2)c(Cl)c1. The molecule has 3 nitrogen and oxygen atoms in total. The number of anilines is 1. The van der Waals surface area contributed by atoms with E-state index < -0.39 is 11.6 Å². The van der Waals surface area contributed by atoms with E-state index in [1.54, 1.807) is 0 Å². The number of halogens is 3. The Bertz CT molecular complexity index is 714. The Hall–Kier alpha value is -2.14. The second kappa shape index (κ2) is 5.09. The highest BCUT2D eigenvalue weighted by atomic mass is 35.5. The fourth-order valence-electron chi connectivity index (χ4n) is 1.96. The number of hydrogen-bond acceptors (Lipinski definition) is 2. The zero-order chi connectivity index (χ0) is 14.1. The molecule has 2 aromatic heterocycles. The van der Waals surface area contributed by atoms with Gasteiger partial charge in [-0.2, -0.15) is 0 Å². The zero-order valence-corrected chi connectivity index (χ0v) is 11.0. The van der Waals surface area contributed by atoms with Crippen molar-refractivity contribution in [1.82, 2.24) is 9.38 Å². The lowest BCUT2D eigenvalue weighted by Crippen LogP contribution is -2.03. The highest BCUT2D eigenvalue weighted by molar-refractivity contribution is 6.33. The molecule has 0 aliphatic rings. The summed E-state index contributed by atoms with van der Waals surface area (Å²) in [5.74, 6) is -1.43. The van der Waals surface area contributed by atoms with Crippen LogP contribution in [0.2, 0.25) is 5.02 Å². The minimum atomic E-state index is -0.723. The number of pyridine rings is 1. The Morgan fingerprint density at radius 1 is 1.25 bits per heavy atom. The number of benzene rings is 1. The maximum atomic E-state index is 13.6. The molecule has 1 aromatic carbocycles. The summed E-state index contributed by atoms with van der Waals surface area (Å²) < 4.78 is 28.4. The second-order valence-electron chi connectivity index (χ2n) is 4.30. The van der Waals surface area contributed by atoms with E-state index in [0.717, 1.165) is 23.5 Å². The van der Waals surface area contributed by atoms with Crippen LogP contribution in [0.1, 0.15) is 5.69 Å². The van der Waals surface area contributed by atoms with Crippen molar-refractivity contribution in [2.75, 3.05) is 5.32 Å². The molecule has 2 heterocycles. The van der Waals surface area contributed by atoms with Gasteiger partial charge in [0, 0.05) is 18.5 Å².